The minimum absolute atomic E-state index is 0.131. The highest BCUT2D eigenvalue weighted by atomic mass is 16.3. The van der Waals surface area contributed by atoms with Gasteiger partial charge in [0.2, 0.25) is 0 Å². The Morgan fingerprint density at radius 2 is 2.07 bits per heavy atom. The molecule has 2 atom stereocenters. The van der Waals surface area contributed by atoms with Crippen molar-refractivity contribution in [1.82, 2.24) is 20.1 Å². The quantitative estimate of drug-likeness (QED) is 0.612. The predicted molar refractivity (Wildman–Crippen MR) is 108 cm³/mol. The van der Waals surface area contributed by atoms with E-state index in [2.05, 4.69) is 20.7 Å². The molecule has 7 nitrogen and oxygen atoms in total. The van der Waals surface area contributed by atoms with E-state index in [1.807, 2.05) is 41.9 Å². The van der Waals surface area contributed by atoms with Crippen LogP contribution in [0.15, 0.2) is 42.7 Å². The number of anilines is 1. The van der Waals surface area contributed by atoms with Gasteiger partial charge in [0.25, 0.3) is 5.91 Å². The lowest BCUT2D eigenvalue weighted by atomic mass is 10.1. The molecule has 1 aromatic carbocycles. The Morgan fingerprint density at radius 1 is 1.25 bits per heavy atom. The van der Waals surface area contributed by atoms with Gasteiger partial charge in [-0.15, -0.1) is 0 Å². The van der Waals surface area contributed by atoms with Crippen molar-refractivity contribution in [2.75, 3.05) is 5.32 Å². The summed E-state index contributed by atoms with van der Waals surface area (Å²) < 4.78 is 1.82. The van der Waals surface area contributed by atoms with E-state index in [9.17, 15) is 9.90 Å². The lowest BCUT2D eigenvalue weighted by molar-refractivity contribution is 0.0951. The number of nitrogens with one attached hydrogen (secondary N) is 2. The van der Waals surface area contributed by atoms with Crippen molar-refractivity contribution in [3.8, 4) is 0 Å². The van der Waals surface area contributed by atoms with Crippen LogP contribution >= 0.6 is 0 Å². The molecule has 1 aliphatic rings. The van der Waals surface area contributed by atoms with Gasteiger partial charge < -0.3 is 15.7 Å². The van der Waals surface area contributed by atoms with E-state index in [0.29, 0.717) is 25.1 Å². The number of benzene rings is 1. The van der Waals surface area contributed by atoms with E-state index in [0.717, 1.165) is 35.1 Å². The summed E-state index contributed by atoms with van der Waals surface area (Å²) in [5, 5.41) is 21.6. The van der Waals surface area contributed by atoms with Gasteiger partial charge in [-0.2, -0.15) is 5.10 Å². The van der Waals surface area contributed by atoms with Crippen molar-refractivity contribution >= 4 is 22.6 Å². The molecule has 1 amide bonds. The third-order valence-corrected chi connectivity index (χ3v) is 5.26. The molecule has 0 bridgehead atoms. The van der Waals surface area contributed by atoms with Gasteiger partial charge in [0.05, 0.1) is 28.9 Å². The fourth-order valence-electron chi connectivity index (χ4n) is 3.75. The minimum Gasteiger partial charge on any atom is -0.393 e. The van der Waals surface area contributed by atoms with Crippen molar-refractivity contribution in [2.24, 2.45) is 0 Å². The lowest BCUT2D eigenvalue weighted by Gasteiger charge is -2.18. The molecule has 1 aliphatic carbocycles. The first-order valence-electron chi connectivity index (χ1n) is 9.77. The molecule has 0 spiro atoms. The standard InChI is InChI=1S/C21H25N5O2/c1-2-26-20-17(13-24-26)19(25-15-8-9-16(27)10-15)18(12-22-20)21(28)23-11-14-6-4-3-5-7-14/h3-7,12-13,15-16,27H,2,8-11H2,1H3,(H,22,25)(H,23,28). The number of amides is 1. The van der Waals surface area contributed by atoms with Gasteiger partial charge in [0, 0.05) is 25.3 Å². The number of rotatable bonds is 6. The number of aliphatic hydroxyl groups is 1. The number of aliphatic hydroxyl groups excluding tert-OH is 1. The molecular formula is C21H25N5O2. The van der Waals surface area contributed by atoms with Crippen molar-refractivity contribution in [3.05, 3.63) is 53.9 Å². The zero-order chi connectivity index (χ0) is 19.5. The summed E-state index contributed by atoms with van der Waals surface area (Å²) >= 11 is 0. The summed E-state index contributed by atoms with van der Waals surface area (Å²) in [6, 6.07) is 9.94. The molecule has 0 radical (unpaired) electrons. The van der Waals surface area contributed by atoms with Crippen LogP contribution in [0.5, 0.6) is 0 Å². The average Bonchev–Trinajstić information content (AvgIpc) is 3.33. The monoisotopic (exact) mass is 379 g/mol. The number of hydrogen-bond acceptors (Lipinski definition) is 5. The van der Waals surface area contributed by atoms with E-state index < -0.39 is 0 Å². The molecule has 28 heavy (non-hydrogen) atoms. The van der Waals surface area contributed by atoms with Crippen molar-refractivity contribution in [2.45, 2.75) is 51.4 Å². The molecule has 7 heteroatoms. The molecule has 146 valence electrons. The van der Waals surface area contributed by atoms with E-state index in [4.69, 9.17) is 0 Å². The van der Waals surface area contributed by atoms with Gasteiger partial charge >= 0.3 is 0 Å². The number of hydrogen-bond donors (Lipinski definition) is 3. The van der Waals surface area contributed by atoms with Crippen molar-refractivity contribution < 1.29 is 9.90 Å². The van der Waals surface area contributed by atoms with E-state index >= 15 is 0 Å². The maximum absolute atomic E-state index is 12.9. The molecule has 2 unspecified atom stereocenters. The van der Waals surface area contributed by atoms with Crippen LogP contribution in [0, 0.1) is 0 Å². The maximum Gasteiger partial charge on any atom is 0.255 e. The maximum atomic E-state index is 12.9. The molecule has 1 saturated carbocycles. The second kappa shape index (κ2) is 7.98. The largest absolute Gasteiger partial charge is 0.393 e. The van der Waals surface area contributed by atoms with Crippen LogP contribution in [0.1, 0.15) is 42.1 Å². The molecular weight excluding hydrogens is 354 g/mol. The molecule has 3 aromatic rings. The molecule has 0 saturated heterocycles. The number of fused-ring (bicyclic) bond motifs is 1. The molecule has 0 aliphatic heterocycles. The summed E-state index contributed by atoms with van der Waals surface area (Å²) in [4.78, 5) is 17.4. The Labute approximate surface area is 163 Å². The number of carbonyl (C=O) groups excluding carboxylic acids is 1. The van der Waals surface area contributed by atoms with Crippen molar-refractivity contribution in [1.29, 1.82) is 0 Å². The average molecular weight is 379 g/mol. The fraction of sp³-hybridized carbons (Fsp3) is 0.381. The Kier molecular flexibility index (Phi) is 5.25. The van der Waals surface area contributed by atoms with Crippen LogP contribution in [0.2, 0.25) is 0 Å². The lowest BCUT2D eigenvalue weighted by Crippen LogP contribution is -2.26. The Bertz CT molecular complexity index is 970. The summed E-state index contributed by atoms with van der Waals surface area (Å²) in [7, 11) is 0. The van der Waals surface area contributed by atoms with Crippen LogP contribution < -0.4 is 10.6 Å². The summed E-state index contributed by atoms with van der Waals surface area (Å²) in [6.07, 6.45) is 5.41. The van der Waals surface area contributed by atoms with E-state index in [1.165, 1.54) is 0 Å². The Morgan fingerprint density at radius 3 is 2.79 bits per heavy atom. The first-order valence-corrected chi connectivity index (χ1v) is 9.77. The highest BCUT2D eigenvalue weighted by Gasteiger charge is 2.26. The molecule has 4 rings (SSSR count). The summed E-state index contributed by atoms with van der Waals surface area (Å²) in [5.41, 5.74) is 3.04. The van der Waals surface area contributed by atoms with Crippen LogP contribution in [-0.2, 0) is 13.1 Å². The van der Waals surface area contributed by atoms with Crippen LogP contribution in [0.3, 0.4) is 0 Å². The molecule has 1 fully saturated rings. The van der Waals surface area contributed by atoms with Gasteiger partial charge in [0.1, 0.15) is 0 Å². The zero-order valence-corrected chi connectivity index (χ0v) is 15.9. The van der Waals surface area contributed by atoms with Crippen LogP contribution in [0.4, 0.5) is 5.69 Å². The number of aryl methyl sites for hydroxylation is 1. The number of nitrogens with zero attached hydrogens (tertiary/aromatic N) is 3. The second-order valence-electron chi connectivity index (χ2n) is 7.22. The van der Waals surface area contributed by atoms with Gasteiger partial charge in [-0.1, -0.05) is 30.3 Å². The van der Waals surface area contributed by atoms with E-state index in [1.54, 1.807) is 12.4 Å². The van der Waals surface area contributed by atoms with Crippen LogP contribution in [0.25, 0.3) is 11.0 Å². The zero-order valence-electron chi connectivity index (χ0n) is 15.9. The SMILES string of the molecule is CCn1ncc2c(NC3CCC(O)C3)c(C(=O)NCc3ccccc3)cnc21. The van der Waals surface area contributed by atoms with Gasteiger partial charge in [-0.05, 0) is 31.7 Å². The second-order valence-corrected chi connectivity index (χ2v) is 7.22. The Hall–Kier alpha value is -2.93. The topological polar surface area (TPSA) is 92.1 Å². The van der Waals surface area contributed by atoms with E-state index in [-0.39, 0.29) is 18.1 Å². The minimum atomic E-state index is -0.288. The normalized spacial score (nSPS) is 19.1. The first-order chi connectivity index (χ1) is 13.7. The first kappa shape index (κ1) is 18.4. The highest BCUT2D eigenvalue weighted by molar-refractivity contribution is 6.06. The van der Waals surface area contributed by atoms with Gasteiger partial charge in [0.15, 0.2) is 5.65 Å². The number of aromatic nitrogens is 3. The summed E-state index contributed by atoms with van der Waals surface area (Å²) in [5.74, 6) is -0.177. The Balaban J connectivity index is 1.64. The number of carbonyl (C=O) groups is 1. The summed E-state index contributed by atoms with van der Waals surface area (Å²) in [6.45, 7) is 3.17. The van der Waals surface area contributed by atoms with Gasteiger partial charge in [-0.25, -0.2) is 9.67 Å². The predicted octanol–water partition coefficient (Wildman–Crippen LogP) is 2.71. The third kappa shape index (κ3) is 3.71. The third-order valence-electron chi connectivity index (χ3n) is 5.26. The smallest absolute Gasteiger partial charge is 0.255 e. The number of pyridine rings is 1. The van der Waals surface area contributed by atoms with Crippen LogP contribution in [-0.4, -0.2) is 37.9 Å². The van der Waals surface area contributed by atoms with Crippen molar-refractivity contribution in [3.63, 3.8) is 0 Å². The fourth-order valence-corrected chi connectivity index (χ4v) is 3.75. The molecule has 3 N–H and O–H groups in total. The molecule has 2 aromatic heterocycles. The highest BCUT2D eigenvalue weighted by Crippen LogP contribution is 2.30. The molecule has 2 heterocycles. The van der Waals surface area contributed by atoms with Gasteiger partial charge in [-0.3, -0.25) is 4.79 Å².